The molecule has 2 heteroatoms. The van der Waals surface area contributed by atoms with Gasteiger partial charge in [-0.25, -0.2) is 0 Å². The molecule has 0 unspecified atom stereocenters. The van der Waals surface area contributed by atoms with Gasteiger partial charge in [-0.3, -0.25) is 0 Å². The molecule has 1 nitrogen and oxygen atoms in total. The average Bonchev–Trinajstić information content (AvgIpc) is 1.14. The fraction of sp³-hybridized carbons (Fsp3) is 1.00. The van der Waals surface area contributed by atoms with Crippen molar-refractivity contribution in [3.63, 3.8) is 0 Å². The fourth-order valence-corrected chi connectivity index (χ4v) is 1.12. The van der Waals surface area contributed by atoms with Crippen molar-refractivity contribution in [3.8, 4) is 0 Å². The minimum atomic E-state index is 0. The molecule has 0 rings (SSSR count). The van der Waals surface area contributed by atoms with Crippen molar-refractivity contribution >= 4 is 0 Å². The van der Waals surface area contributed by atoms with Gasteiger partial charge in [-0.05, 0) is 41.5 Å². The van der Waals surface area contributed by atoms with Gasteiger partial charge >= 0.3 is 29.6 Å². The summed E-state index contributed by atoms with van der Waals surface area (Å²) in [7, 11) is 0. The molecule has 0 spiro atoms. The second-order valence-electron chi connectivity index (χ2n) is 4.62. The summed E-state index contributed by atoms with van der Waals surface area (Å²) in [4.78, 5) is 0. The van der Waals surface area contributed by atoms with Crippen LogP contribution in [0.1, 0.15) is 41.5 Å². The van der Waals surface area contributed by atoms with E-state index in [-0.39, 0.29) is 40.6 Å². The van der Waals surface area contributed by atoms with Crippen molar-refractivity contribution in [1.82, 2.24) is 5.32 Å². The van der Waals surface area contributed by atoms with E-state index in [0.29, 0.717) is 0 Å². The van der Waals surface area contributed by atoms with Crippen molar-refractivity contribution in [3.05, 3.63) is 0 Å². The van der Waals surface area contributed by atoms with Gasteiger partial charge in [0.25, 0.3) is 0 Å². The molecule has 0 bridgehead atoms. The Kier molecular flexibility index (Phi) is 5.56. The molecule has 0 aromatic rings. The van der Waals surface area contributed by atoms with Crippen molar-refractivity contribution in [2.75, 3.05) is 0 Å². The first-order valence-electron chi connectivity index (χ1n) is 3.50. The van der Waals surface area contributed by atoms with Gasteiger partial charge < -0.3 is 5.32 Å². The zero-order valence-corrected chi connectivity index (χ0v) is 10.5. The Hall–Kier alpha value is 0.960. The second-order valence-corrected chi connectivity index (χ2v) is 4.62. The van der Waals surface area contributed by atoms with Gasteiger partial charge in [0.05, 0.1) is 0 Å². The zero-order chi connectivity index (χ0) is 7.71. The van der Waals surface area contributed by atoms with Crippen LogP contribution in [0.3, 0.4) is 0 Å². The van der Waals surface area contributed by atoms with Gasteiger partial charge in [0, 0.05) is 11.1 Å². The Labute approximate surface area is 87.3 Å². The van der Waals surface area contributed by atoms with Crippen molar-refractivity contribution < 1.29 is 29.6 Å². The summed E-state index contributed by atoms with van der Waals surface area (Å²) in [5.74, 6) is 0. The van der Waals surface area contributed by atoms with Crippen LogP contribution in [0.4, 0.5) is 0 Å². The van der Waals surface area contributed by atoms with Crippen LogP contribution >= 0.6 is 0 Å². The Morgan fingerprint density at radius 1 is 0.700 bits per heavy atom. The summed E-state index contributed by atoms with van der Waals surface area (Å²) >= 11 is 0. The third-order valence-corrected chi connectivity index (χ3v) is 0.750. The van der Waals surface area contributed by atoms with E-state index >= 15 is 0 Å². The van der Waals surface area contributed by atoms with E-state index in [1.54, 1.807) is 0 Å². The molecule has 0 aromatic carbocycles. The summed E-state index contributed by atoms with van der Waals surface area (Å²) in [6, 6.07) is 0. The van der Waals surface area contributed by atoms with Gasteiger partial charge in [0.1, 0.15) is 0 Å². The van der Waals surface area contributed by atoms with Crippen molar-refractivity contribution in [1.29, 1.82) is 0 Å². The Morgan fingerprint density at radius 2 is 0.900 bits per heavy atom. The molecule has 10 heavy (non-hydrogen) atoms. The number of hydrogen-bond donors (Lipinski definition) is 1. The number of rotatable bonds is 0. The Bertz CT molecular complexity index is 74.4. The monoisotopic (exact) mass is 152 g/mol. The predicted octanol–water partition coefficient (Wildman–Crippen LogP) is -0.823. The van der Waals surface area contributed by atoms with Crippen LogP contribution in [0.2, 0.25) is 0 Å². The maximum atomic E-state index is 3.46. The van der Waals surface area contributed by atoms with Crippen LogP contribution < -0.4 is 34.9 Å². The van der Waals surface area contributed by atoms with E-state index < -0.39 is 0 Å². The van der Waals surface area contributed by atoms with E-state index in [0.717, 1.165) is 0 Å². The zero-order valence-electron chi connectivity index (χ0n) is 8.50. The Balaban J connectivity index is 0. The molecule has 0 amide bonds. The SMILES string of the molecule is CC(C)(C)NC(C)(C)C.[Na+]. The first-order chi connectivity index (χ1) is 3.71. The number of hydrogen-bond acceptors (Lipinski definition) is 1. The van der Waals surface area contributed by atoms with Crippen molar-refractivity contribution in [2.24, 2.45) is 0 Å². The molecule has 0 aromatic heterocycles. The maximum absolute atomic E-state index is 3.46. The first-order valence-corrected chi connectivity index (χ1v) is 3.50. The average molecular weight is 152 g/mol. The Morgan fingerprint density at radius 3 is 0.900 bits per heavy atom. The summed E-state index contributed by atoms with van der Waals surface area (Å²) in [5, 5.41) is 3.46. The molecular weight excluding hydrogens is 133 g/mol. The fourth-order valence-electron chi connectivity index (χ4n) is 1.12. The van der Waals surface area contributed by atoms with Crippen LogP contribution in [0, 0.1) is 0 Å². The van der Waals surface area contributed by atoms with Crippen LogP contribution in [0.25, 0.3) is 0 Å². The van der Waals surface area contributed by atoms with Crippen LogP contribution in [0.15, 0.2) is 0 Å². The van der Waals surface area contributed by atoms with Crippen LogP contribution in [-0.2, 0) is 0 Å². The van der Waals surface area contributed by atoms with E-state index in [4.69, 9.17) is 0 Å². The molecule has 1 N–H and O–H groups in total. The number of nitrogens with one attached hydrogen (secondary N) is 1. The minimum Gasteiger partial charge on any atom is -0.307 e. The largest absolute Gasteiger partial charge is 1.00 e. The molecule has 0 fully saturated rings. The quantitative estimate of drug-likeness (QED) is 0.447. The van der Waals surface area contributed by atoms with Crippen LogP contribution in [0.5, 0.6) is 0 Å². The van der Waals surface area contributed by atoms with E-state index in [2.05, 4.69) is 46.9 Å². The third kappa shape index (κ3) is 11.7. The molecule has 0 saturated carbocycles. The summed E-state index contributed by atoms with van der Waals surface area (Å²) in [5.41, 5.74) is 0.469. The molecule has 0 saturated heterocycles. The van der Waals surface area contributed by atoms with Gasteiger partial charge in [-0.15, -0.1) is 0 Å². The van der Waals surface area contributed by atoms with Gasteiger partial charge in [0.15, 0.2) is 0 Å². The summed E-state index contributed by atoms with van der Waals surface area (Å²) in [6.07, 6.45) is 0. The normalized spacial score (nSPS) is 12.6. The summed E-state index contributed by atoms with van der Waals surface area (Å²) < 4.78 is 0. The molecule has 56 valence electrons. The molecule has 0 radical (unpaired) electrons. The summed E-state index contributed by atoms with van der Waals surface area (Å²) in [6.45, 7) is 13.1. The molecule has 0 aliphatic heterocycles. The van der Waals surface area contributed by atoms with E-state index in [1.165, 1.54) is 0 Å². The van der Waals surface area contributed by atoms with Gasteiger partial charge in [-0.2, -0.15) is 0 Å². The second kappa shape index (κ2) is 4.10. The minimum absolute atomic E-state index is 0. The first kappa shape index (κ1) is 13.5. The van der Waals surface area contributed by atoms with Crippen molar-refractivity contribution in [2.45, 2.75) is 52.6 Å². The molecular formula is C8H19NNa+. The molecule has 0 heterocycles. The smallest absolute Gasteiger partial charge is 0.307 e. The van der Waals surface area contributed by atoms with Gasteiger partial charge in [0.2, 0.25) is 0 Å². The van der Waals surface area contributed by atoms with E-state index in [9.17, 15) is 0 Å². The molecule has 0 atom stereocenters. The van der Waals surface area contributed by atoms with Gasteiger partial charge in [-0.1, -0.05) is 0 Å². The van der Waals surface area contributed by atoms with Crippen LogP contribution in [-0.4, -0.2) is 11.1 Å². The third-order valence-electron chi connectivity index (χ3n) is 0.750. The maximum Gasteiger partial charge on any atom is 1.00 e. The van der Waals surface area contributed by atoms with E-state index in [1.807, 2.05) is 0 Å². The predicted molar refractivity (Wildman–Crippen MR) is 42.6 cm³/mol. The standard InChI is InChI=1S/C8H19N.Na/c1-7(2,3)9-8(4,5)6;/h9H,1-6H3;/q;+1. The topological polar surface area (TPSA) is 12.0 Å². The molecule has 0 aliphatic rings. The molecule has 0 aliphatic carbocycles.